The average Bonchev–Trinajstić information content (AvgIpc) is 2.37. The van der Waals surface area contributed by atoms with E-state index in [9.17, 15) is 0 Å². The maximum atomic E-state index is 3.23. The van der Waals surface area contributed by atoms with Crippen molar-refractivity contribution < 1.29 is 0 Å². The maximum Gasteiger partial charge on any atom is -0.000567 e. The second kappa shape index (κ2) is 3.47. The Morgan fingerprint density at radius 3 is 2.11 bits per heavy atom. The maximum absolute atomic E-state index is 3.23. The van der Waals surface area contributed by atoms with Gasteiger partial charge >= 0.3 is 0 Å². The zero-order valence-corrected chi connectivity index (χ0v) is 11.5. The molecule has 0 aliphatic heterocycles. The van der Waals surface area contributed by atoms with Crippen molar-refractivity contribution in [2.75, 3.05) is 0 Å². The summed E-state index contributed by atoms with van der Waals surface area (Å²) < 4.78 is 0. The van der Waals surface area contributed by atoms with E-state index in [4.69, 9.17) is 0 Å². The van der Waals surface area contributed by atoms with E-state index in [1.807, 2.05) is 6.07 Å². The summed E-state index contributed by atoms with van der Waals surface area (Å²) >= 11 is 0. The number of rotatable bonds is 0. The molecular formula is C18H19. The lowest BCUT2D eigenvalue weighted by Crippen LogP contribution is -2.43. The molecule has 0 nitrogen and oxygen atoms in total. The normalized spacial score (nSPS) is 18.9. The van der Waals surface area contributed by atoms with Gasteiger partial charge in [0.2, 0.25) is 0 Å². The van der Waals surface area contributed by atoms with E-state index in [-0.39, 0.29) is 10.8 Å². The fourth-order valence-electron chi connectivity index (χ4n) is 3.13. The third-order valence-electron chi connectivity index (χ3n) is 4.99. The predicted molar refractivity (Wildman–Crippen MR) is 76.8 cm³/mol. The van der Waals surface area contributed by atoms with Crippen LogP contribution in [0.4, 0.5) is 0 Å². The first-order chi connectivity index (χ1) is 8.46. The molecule has 0 saturated heterocycles. The largest absolute Gasteiger partial charge is 0.0619 e. The van der Waals surface area contributed by atoms with Crippen LogP contribution in [0.1, 0.15) is 38.8 Å². The van der Waals surface area contributed by atoms with Gasteiger partial charge in [0.1, 0.15) is 0 Å². The lowest BCUT2D eigenvalue weighted by molar-refractivity contribution is 0.299. The molecule has 0 heteroatoms. The molecule has 0 saturated carbocycles. The molecular weight excluding hydrogens is 216 g/mol. The summed E-state index contributed by atoms with van der Waals surface area (Å²) in [6.07, 6.45) is 0. The Kier molecular flexibility index (Phi) is 2.22. The highest BCUT2D eigenvalue weighted by atomic mass is 14.5. The molecule has 18 heavy (non-hydrogen) atoms. The molecule has 91 valence electrons. The number of benzene rings is 2. The van der Waals surface area contributed by atoms with Gasteiger partial charge in [-0.05, 0) is 45.2 Å². The van der Waals surface area contributed by atoms with Crippen LogP contribution in [0.15, 0.2) is 42.5 Å². The lowest BCUT2D eigenvalue weighted by atomic mass is 9.55. The van der Waals surface area contributed by atoms with Crippen molar-refractivity contribution in [3.63, 3.8) is 0 Å². The number of hydrogen-bond donors (Lipinski definition) is 0. The zero-order chi connectivity index (χ0) is 13.0. The highest BCUT2D eigenvalue weighted by molar-refractivity contribution is 5.77. The molecule has 2 aromatic rings. The highest BCUT2D eigenvalue weighted by Gasteiger charge is 2.45. The van der Waals surface area contributed by atoms with E-state index in [1.165, 1.54) is 22.3 Å². The first-order valence-corrected chi connectivity index (χ1v) is 6.57. The van der Waals surface area contributed by atoms with E-state index in [2.05, 4.69) is 70.2 Å². The minimum atomic E-state index is 0.131. The predicted octanol–water partition coefficient (Wildman–Crippen LogP) is 4.72. The average molecular weight is 235 g/mol. The molecule has 0 bridgehead atoms. The van der Waals surface area contributed by atoms with Gasteiger partial charge in [-0.15, -0.1) is 0 Å². The van der Waals surface area contributed by atoms with Crippen LogP contribution >= 0.6 is 0 Å². The summed E-state index contributed by atoms with van der Waals surface area (Å²) in [5.74, 6) is 0. The molecule has 1 aliphatic rings. The summed E-state index contributed by atoms with van der Waals surface area (Å²) in [5.41, 5.74) is 5.86. The first kappa shape index (κ1) is 11.5. The van der Waals surface area contributed by atoms with Crippen molar-refractivity contribution in [1.82, 2.24) is 0 Å². The first-order valence-electron chi connectivity index (χ1n) is 6.57. The van der Waals surface area contributed by atoms with E-state index in [0.717, 1.165) is 0 Å². The standard InChI is InChI=1S/C18H19/c1-17(2)15-11-7-5-9-13(15)14-10-6-8-12-16(14)18(17,3)4/h5,7-12H,1-4H3. The summed E-state index contributed by atoms with van der Waals surface area (Å²) in [6, 6.07) is 18.4. The molecule has 0 fully saturated rings. The fraction of sp³-hybridized carbons (Fsp3) is 0.333. The van der Waals surface area contributed by atoms with Gasteiger partial charge in [-0.25, -0.2) is 0 Å². The smallest absolute Gasteiger partial charge is 0.000567 e. The van der Waals surface area contributed by atoms with E-state index in [0.29, 0.717) is 0 Å². The second-order valence-electron chi connectivity index (χ2n) is 6.27. The Morgan fingerprint density at radius 2 is 1.39 bits per heavy atom. The van der Waals surface area contributed by atoms with Crippen molar-refractivity contribution in [3.05, 3.63) is 59.7 Å². The van der Waals surface area contributed by atoms with Gasteiger partial charge in [0.25, 0.3) is 0 Å². The van der Waals surface area contributed by atoms with Crippen LogP contribution in [-0.4, -0.2) is 0 Å². The molecule has 0 aromatic heterocycles. The van der Waals surface area contributed by atoms with Crippen molar-refractivity contribution in [3.8, 4) is 11.1 Å². The van der Waals surface area contributed by atoms with Crippen molar-refractivity contribution in [1.29, 1.82) is 0 Å². The van der Waals surface area contributed by atoms with Crippen LogP contribution in [0.5, 0.6) is 0 Å². The third kappa shape index (κ3) is 1.26. The van der Waals surface area contributed by atoms with Crippen molar-refractivity contribution in [2.24, 2.45) is 0 Å². The van der Waals surface area contributed by atoms with Gasteiger partial charge in [-0.3, -0.25) is 0 Å². The van der Waals surface area contributed by atoms with Crippen LogP contribution in [0.2, 0.25) is 0 Å². The van der Waals surface area contributed by atoms with Gasteiger partial charge in [0, 0.05) is 0 Å². The Bertz CT molecular complexity index is 547. The minimum Gasteiger partial charge on any atom is -0.0619 e. The SMILES string of the molecule is CC1(C)c2cc[c]cc2-c2ccccc2C1(C)C. The lowest BCUT2D eigenvalue weighted by Gasteiger charge is -2.48. The Labute approximate surface area is 110 Å². The molecule has 0 amide bonds. The zero-order valence-electron chi connectivity index (χ0n) is 11.5. The molecule has 1 radical (unpaired) electrons. The van der Waals surface area contributed by atoms with Crippen LogP contribution in [0.25, 0.3) is 11.1 Å². The molecule has 0 atom stereocenters. The summed E-state index contributed by atoms with van der Waals surface area (Å²) in [7, 11) is 0. The Hall–Kier alpha value is -1.56. The van der Waals surface area contributed by atoms with E-state index in [1.54, 1.807) is 0 Å². The molecule has 0 unspecified atom stereocenters. The van der Waals surface area contributed by atoms with E-state index < -0.39 is 0 Å². The topological polar surface area (TPSA) is 0 Å². The van der Waals surface area contributed by atoms with Gasteiger partial charge < -0.3 is 0 Å². The molecule has 0 spiro atoms. The van der Waals surface area contributed by atoms with Gasteiger partial charge in [0.15, 0.2) is 0 Å². The summed E-state index contributed by atoms with van der Waals surface area (Å²) in [6.45, 7) is 9.40. The summed E-state index contributed by atoms with van der Waals surface area (Å²) in [4.78, 5) is 0. The molecule has 3 rings (SSSR count). The summed E-state index contributed by atoms with van der Waals surface area (Å²) in [5, 5.41) is 0. The van der Waals surface area contributed by atoms with Crippen LogP contribution < -0.4 is 0 Å². The van der Waals surface area contributed by atoms with Gasteiger partial charge in [-0.2, -0.15) is 0 Å². The monoisotopic (exact) mass is 235 g/mol. The van der Waals surface area contributed by atoms with Crippen LogP contribution in [0.3, 0.4) is 0 Å². The molecule has 0 N–H and O–H groups in total. The van der Waals surface area contributed by atoms with Crippen molar-refractivity contribution >= 4 is 0 Å². The van der Waals surface area contributed by atoms with Crippen LogP contribution in [0, 0.1) is 6.07 Å². The highest BCUT2D eigenvalue weighted by Crippen LogP contribution is 2.53. The third-order valence-corrected chi connectivity index (χ3v) is 4.99. The van der Waals surface area contributed by atoms with Crippen LogP contribution in [-0.2, 0) is 10.8 Å². The number of hydrogen-bond acceptors (Lipinski definition) is 0. The molecule has 2 aromatic carbocycles. The van der Waals surface area contributed by atoms with Crippen molar-refractivity contribution in [2.45, 2.75) is 38.5 Å². The molecule has 1 aliphatic carbocycles. The minimum absolute atomic E-state index is 0.131. The van der Waals surface area contributed by atoms with Gasteiger partial charge in [0.05, 0.1) is 0 Å². The molecule has 0 heterocycles. The fourth-order valence-corrected chi connectivity index (χ4v) is 3.13. The van der Waals surface area contributed by atoms with E-state index >= 15 is 0 Å². The van der Waals surface area contributed by atoms with Gasteiger partial charge in [-0.1, -0.05) is 64.1 Å². The number of fused-ring (bicyclic) bond motifs is 3. The second-order valence-corrected chi connectivity index (χ2v) is 6.27. The Morgan fingerprint density at radius 1 is 0.778 bits per heavy atom. The Balaban J connectivity index is 2.43. The quantitative estimate of drug-likeness (QED) is 0.619.